The Morgan fingerprint density at radius 2 is 2.19 bits per heavy atom. The standard InChI is InChI=1S/C11H17N5/c1-11(2,12)10-6-13-8-16(10)7-9-4-5-15(3)14-9/h4-6,8H,7,12H2,1-3H3. The molecule has 86 valence electrons. The highest BCUT2D eigenvalue weighted by molar-refractivity contribution is 5.12. The lowest BCUT2D eigenvalue weighted by Crippen LogP contribution is -2.31. The second-order valence-corrected chi connectivity index (χ2v) is 4.61. The fourth-order valence-electron chi connectivity index (χ4n) is 1.71. The van der Waals surface area contributed by atoms with Crippen molar-refractivity contribution in [3.63, 3.8) is 0 Å². The summed E-state index contributed by atoms with van der Waals surface area (Å²) in [7, 11) is 1.91. The van der Waals surface area contributed by atoms with E-state index in [9.17, 15) is 0 Å². The van der Waals surface area contributed by atoms with Gasteiger partial charge in [-0.2, -0.15) is 5.10 Å². The van der Waals surface area contributed by atoms with Crippen LogP contribution in [0.1, 0.15) is 25.2 Å². The minimum atomic E-state index is -0.384. The van der Waals surface area contributed by atoms with Crippen LogP contribution in [0, 0.1) is 0 Å². The Kier molecular flexibility index (Phi) is 2.55. The number of hydrogen-bond donors (Lipinski definition) is 1. The van der Waals surface area contributed by atoms with Gasteiger partial charge < -0.3 is 10.3 Å². The van der Waals surface area contributed by atoms with E-state index in [1.54, 1.807) is 11.0 Å². The van der Waals surface area contributed by atoms with Crippen LogP contribution in [-0.2, 0) is 19.1 Å². The lowest BCUT2D eigenvalue weighted by atomic mass is 10.0. The van der Waals surface area contributed by atoms with Crippen molar-refractivity contribution in [2.75, 3.05) is 0 Å². The van der Waals surface area contributed by atoms with Gasteiger partial charge in [0.15, 0.2) is 0 Å². The van der Waals surface area contributed by atoms with Gasteiger partial charge in [0.05, 0.1) is 29.8 Å². The van der Waals surface area contributed by atoms with Crippen molar-refractivity contribution in [2.45, 2.75) is 25.9 Å². The maximum absolute atomic E-state index is 6.07. The van der Waals surface area contributed by atoms with Gasteiger partial charge in [0.25, 0.3) is 0 Å². The minimum Gasteiger partial charge on any atom is -0.327 e. The average Bonchev–Trinajstić information content (AvgIpc) is 2.74. The molecule has 0 aromatic carbocycles. The van der Waals surface area contributed by atoms with Crippen molar-refractivity contribution in [3.8, 4) is 0 Å². The first-order chi connectivity index (χ1) is 7.47. The molecule has 0 spiro atoms. The molecule has 2 aromatic rings. The van der Waals surface area contributed by atoms with E-state index < -0.39 is 0 Å². The normalized spacial score (nSPS) is 12.0. The molecule has 2 aromatic heterocycles. The molecule has 0 saturated carbocycles. The van der Waals surface area contributed by atoms with Gasteiger partial charge in [0.2, 0.25) is 0 Å². The summed E-state index contributed by atoms with van der Waals surface area (Å²) in [6, 6.07) is 1.99. The molecule has 16 heavy (non-hydrogen) atoms. The van der Waals surface area contributed by atoms with Crippen LogP contribution >= 0.6 is 0 Å². The van der Waals surface area contributed by atoms with Crippen LogP contribution in [-0.4, -0.2) is 19.3 Å². The van der Waals surface area contributed by atoms with E-state index >= 15 is 0 Å². The Labute approximate surface area is 94.9 Å². The summed E-state index contributed by atoms with van der Waals surface area (Å²) in [4.78, 5) is 4.14. The second kappa shape index (κ2) is 3.75. The summed E-state index contributed by atoms with van der Waals surface area (Å²) in [5, 5.41) is 4.34. The van der Waals surface area contributed by atoms with Crippen molar-refractivity contribution in [1.82, 2.24) is 19.3 Å². The van der Waals surface area contributed by atoms with Gasteiger partial charge in [-0.3, -0.25) is 4.68 Å². The highest BCUT2D eigenvalue weighted by Crippen LogP contribution is 2.16. The molecule has 2 N–H and O–H groups in total. The summed E-state index contributed by atoms with van der Waals surface area (Å²) >= 11 is 0. The van der Waals surface area contributed by atoms with Crippen LogP contribution in [0.3, 0.4) is 0 Å². The van der Waals surface area contributed by atoms with Gasteiger partial charge >= 0.3 is 0 Å². The molecule has 2 heterocycles. The van der Waals surface area contributed by atoms with E-state index in [1.165, 1.54) is 0 Å². The van der Waals surface area contributed by atoms with E-state index in [0.717, 1.165) is 11.4 Å². The molecular formula is C11H17N5. The van der Waals surface area contributed by atoms with E-state index in [-0.39, 0.29) is 5.54 Å². The Bertz CT molecular complexity index is 475. The number of aryl methyl sites for hydroxylation is 1. The summed E-state index contributed by atoms with van der Waals surface area (Å²) in [6.45, 7) is 4.65. The zero-order chi connectivity index (χ0) is 11.8. The van der Waals surface area contributed by atoms with Gasteiger partial charge in [-0.05, 0) is 19.9 Å². The molecule has 0 unspecified atom stereocenters. The molecule has 0 atom stereocenters. The quantitative estimate of drug-likeness (QED) is 0.832. The van der Waals surface area contributed by atoms with Crippen LogP contribution in [0.4, 0.5) is 0 Å². The van der Waals surface area contributed by atoms with Gasteiger partial charge in [0, 0.05) is 19.4 Å². The highest BCUT2D eigenvalue weighted by Gasteiger charge is 2.19. The van der Waals surface area contributed by atoms with Crippen LogP contribution in [0.2, 0.25) is 0 Å². The largest absolute Gasteiger partial charge is 0.327 e. The van der Waals surface area contributed by atoms with Crippen LogP contribution in [0.15, 0.2) is 24.8 Å². The Morgan fingerprint density at radius 1 is 1.44 bits per heavy atom. The molecule has 5 nitrogen and oxygen atoms in total. The monoisotopic (exact) mass is 219 g/mol. The molecular weight excluding hydrogens is 202 g/mol. The molecule has 0 saturated heterocycles. The van der Waals surface area contributed by atoms with Gasteiger partial charge in [0.1, 0.15) is 0 Å². The third-order valence-corrected chi connectivity index (χ3v) is 2.47. The van der Waals surface area contributed by atoms with Crippen LogP contribution < -0.4 is 5.73 Å². The van der Waals surface area contributed by atoms with Crippen LogP contribution in [0.5, 0.6) is 0 Å². The predicted molar refractivity (Wildman–Crippen MR) is 61.8 cm³/mol. The summed E-state index contributed by atoms with van der Waals surface area (Å²) in [6.07, 6.45) is 5.53. The highest BCUT2D eigenvalue weighted by atomic mass is 15.3. The van der Waals surface area contributed by atoms with Crippen molar-refractivity contribution in [1.29, 1.82) is 0 Å². The zero-order valence-corrected chi connectivity index (χ0v) is 9.88. The third kappa shape index (κ3) is 2.14. The number of hydrogen-bond acceptors (Lipinski definition) is 3. The summed E-state index contributed by atoms with van der Waals surface area (Å²) < 4.78 is 3.82. The fraction of sp³-hybridized carbons (Fsp3) is 0.455. The van der Waals surface area contributed by atoms with E-state index in [2.05, 4.69) is 10.1 Å². The second-order valence-electron chi connectivity index (χ2n) is 4.61. The topological polar surface area (TPSA) is 61.7 Å². The molecule has 0 fully saturated rings. The van der Waals surface area contributed by atoms with Crippen LogP contribution in [0.25, 0.3) is 0 Å². The molecule has 2 rings (SSSR count). The maximum Gasteiger partial charge on any atom is 0.0952 e. The zero-order valence-electron chi connectivity index (χ0n) is 9.88. The number of imidazole rings is 1. The Hall–Kier alpha value is -1.62. The first kappa shape index (κ1) is 10.9. The molecule has 0 aliphatic carbocycles. The first-order valence-electron chi connectivity index (χ1n) is 5.25. The van der Waals surface area contributed by atoms with Crippen molar-refractivity contribution < 1.29 is 0 Å². The van der Waals surface area contributed by atoms with Gasteiger partial charge in [-0.25, -0.2) is 4.98 Å². The SMILES string of the molecule is Cn1ccc(Cn2cncc2C(C)(C)N)n1. The molecule has 0 amide bonds. The molecule has 0 radical (unpaired) electrons. The number of nitrogens with zero attached hydrogens (tertiary/aromatic N) is 4. The fourth-order valence-corrected chi connectivity index (χ4v) is 1.71. The lowest BCUT2D eigenvalue weighted by molar-refractivity contribution is 0.501. The number of aromatic nitrogens is 4. The lowest BCUT2D eigenvalue weighted by Gasteiger charge is -2.20. The van der Waals surface area contributed by atoms with Crippen molar-refractivity contribution >= 4 is 0 Å². The summed E-state index contributed by atoms with van der Waals surface area (Å²) in [5.41, 5.74) is 7.71. The molecule has 0 aliphatic rings. The average molecular weight is 219 g/mol. The Morgan fingerprint density at radius 3 is 2.75 bits per heavy atom. The Balaban J connectivity index is 2.25. The number of rotatable bonds is 3. The van der Waals surface area contributed by atoms with Crippen molar-refractivity contribution in [2.24, 2.45) is 12.8 Å². The summed E-state index contributed by atoms with van der Waals surface area (Å²) in [5.74, 6) is 0. The predicted octanol–water partition coefficient (Wildman–Crippen LogP) is 0.859. The van der Waals surface area contributed by atoms with Gasteiger partial charge in [-0.15, -0.1) is 0 Å². The molecule has 0 aliphatic heterocycles. The van der Waals surface area contributed by atoms with E-state index in [4.69, 9.17) is 5.73 Å². The van der Waals surface area contributed by atoms with Crippen molar-refractivity contribution in [3.05, 3.63) is 36.2 Å². The molecule has 5 heteroatoms. The minimum absolute atomic E-state index is 0.384. The number of nitrogens with two attached hydrogens (primary N) is 1. The van der Waals surface area contributed by atoms with E-state index in [1.807, 2.05) is 43.9 Å². The first-order valence-corrected chi connectivity index (χ1v) is 5.25. The van der Waals surface area contributed by atoms with E-state index in [0.29, 0.717) is 6.54 Å². The maximum atomic E-state index is 6.07. The van der Waals surface area contributed by atoms with Gasteiger partial charge in [-0.1, -0.05) is 0 Å². The third-order valence-electron chi connectivity index (χ3n) is 2.47. The molecule has 0 bridgehead atoms. The smallest absolute Gasteiger partial charge is 0.0952 e.